The van der Waals surface area contributed by atoms with Gasteiger partial charge in [0.05, 0.1) is 6.61 Å². The van der Waals surface area contributed by atoms with E-state index in [1.165, 1.54) is 0 Å². The Kier molecular flexibility index (Phi) is 4.53. The topological polar surface area (TPSA) is 26.3 Å². The Morgan fingerprint density at radius 2 is 2.38 bits per heavy atom. The van der Waals surface area contributed by atoms with Gasteiger partial charge in [-0.25, -0.2) is 0 Å². The van der Waals surface area contributed by atoms with Crippen LogP contribution in [0.5, 0.6) is 0 Å². The maximum Gasteiger partial charge on any atom is 0.162 e. The highest BCUT2D eigenvalue weighted by Gasteiger charge is 2.21. The summed E-state index contributed by atoms with van der Waals surface area (Å²) in [6, 6.07) is 0. The van der Waals surface area contributed by atoms with Crippen LogP contribution in [-0.2, 0) is 9.53 Å². The van der Waals surface area contributed by atoms with Gasteiger partial charge in [-0.3, -0.25) is 4.79 Å². The molecule has 0 aromatic heterocycles. The molecule has 0 aliphatic carbocycles. The van der Waals surface area contributed by atoms with Crippen molar-refractivity contribution in [3.05, 3.63) is 12.2 Å². The molecule has 0 radical (unpaired) electrons. The van der Waals surface area contributed by atoms with Gasteiger partial charge in [-0.15, -0.1) is 6.58 Å². The van der Waals surface area contributed by atoms with Gasteiger partial charge in [-0.05, 0) is 13.3 Å². The van der Waals surface area contributed by atoms with Gasteiger partial charge in [0.25, 0.3) is 0 Å². The third kappa shape index (κ3) is 3.96. The van der Waals surface area contributed by atoms with Crippen LogP contribution in [0.1, 0.15) is 19.8 Å². The first kappa shape index (κ1) is 10.8. The summed E-state index contributed by atoms with van der Waals surface area (Å²) in [5.74, 6) is 2.08. The van der Waals surface area contributed by atoms with Crippen LogP contribution in [0.15, 0.2) is 12.2 Å². The standard InChI is InChI=1S/C10H16O2S/c1-8(2)3-4-9(11)10-7-13-6-5-12-10/h10H,1,3-7H2,2H3. The number of ether oxygens (including phenoxy) is 1. The lowest BCUT2D eigenvalue weighted by Gasteiger charge is -2.20. The van der Waals surface area contributed by atoms with Crippen LogP contribution in [0.4, 0.5) is 0 Å². The van der Waals surface area contributed by atoms with Crippen molar-refractivity contribution in [3.63, 3.8) is 0 Å². The van der Waals surface area contributed by atoms with Gasteiger partial charge < -0.3 is 4.74 Å². The zero-order valence-electron chi connectivity index (χ0n) is 8.04. The highest BCUT2D eigenvalue weighted by Crippen LogP contribution is 2.15. The largest absolute Gasteiger partial charge is 0.369 e. The van der Waals surface area contributed by atoms with E-state index in [2.05, 4.69) is 6.58 Å². The summed E-state index contributed by atoms with van der Waals surface area (Å²) >= 11 is 1.80. The van der Waals surface area contributed by atoms with E-state index in [4.69, 9.17) is 4.74 Å². The Bertz CT molecular complexity index is 195. The Balaban J connectivity index is 2.25. The molecule has 0 saturated carbocycles. The van der Waals surface area contributed by atoms with Crippen LogP contribution in [0.3, 0.4) is 0 Å². The predicted octanol–water partition coefficient (Wildman–Crippen LogP) is 2.04. The SMILES string of the molecule is C=C(C)CCC(=O)C1CSCCO1. The first-order chi connectivity index (χ1) is 6.20. The van der Waals surface area contributed by atoms with E-state index in [1.807, 2.05) is 6.92 Å². The van der Waals surface area contributed by atoms with E-state index in [1.54, 1.807) is 11.8 Å². The van der Waals surface area contributed by atoms with Crippen molar-refractivity contribution < 1.29 is 9.53 Å². The third-order valence-corrected chi connectivity index (χ3v) is 2.97. The quantitative estimate of drug-likeness (QED) is 0.650. The summed E-state index contributed by atoms with van der Waals surface area (Å²) in [5, 5.41) is 0. The molecule has 0 N–H and O–H groups in total. The number of ketones is 1. The number of allylic oxidation sites excluding steroid dienone is 1. The summed E-state index contributed by atoms with van der Waals surface area (Å²) in [4.78, 5) is 11.5. The lowest BCUT2D eigenvalue weighted by atomic mass is 10.1. The minimum Gasteiger partial charge on any atom is -0.369 e. The van der Waals surface area contributed by atoms with E-state index in [-0.39, 0.29) is 11.9 Å². The molecule has 1 heterocycles. The van der Waals surface area contributed by atoms with Gasteiger partial charge in [0, 0.05) is 17.9 Å². The van der Waals surface area contributed by atoms with Crippen molar-refractivity contribution in [2.24, 2.45) is 0 Å². The molecule has 0 amide bonds. The molecular formula is C10H16O2S. The van der Waals surface area contributed by atoms with E-state index < -0.39 is 0 Å². The molecule has 1 saturated heterocycles. The van der Waals surface area contributed by atoms with Crippen molar-refractivity contribution >= 4 is 17.5 Å². The Morgan fingerprint density at radius 1 is 1.62 bits per heavy atom. The zero-order chi connectivity index (χ0) is 9.68. The fourth-order valence-corrected chi connectivity index (χ4v) is 2.05. The molecule has 0 spiro atoms. The van der Waals surface area contributed by atoms with Crippen LogP contribution in [0, 0.1) is 0 Å². The highest BCUT2D eigenvalue weighted by atomic mass is 32.2. The number of carbonyl (C=O) groups excluding carboxylic acids is 1. The second-order valence-electron chi connectivity index (χ2n) is 3.36. The van der Waals surface area contributed by atoms with Crippen LogP contribution in [-0.4, -0.2) is 30.0 Å². The molecule has 1 unspecified atom stereocenters. The number of Topliss-reactive ketones (excluding diaryl/α,β-unsaturated/α-hetero) is 1. The number of rotatable bonds is 4. The number of carbonyl (C=O) groups is 1. The summed E-state index contributed by atoms with van der Waals surface area (Å²) in [5.41, 5.74) is 1.07. The first-order valence-electron chi connectivity index (χ1n) is 4.56. The van der Waals surface area contributed by atoms with Crippen LogP contribution < -0.4 is 0 Å². The molecule has 0 aromatic rings. The molecule has 1 aliphatic rings. The average Bonchev–Trinajstić information content (AvgIpc) is 2.15. The molecule has 0 aromatic carbocycles. The molecule has 0 bridgehead atoms. The number of hydrogen-bond donors (Lipinski definition) is 0. The normalized spacial score (nSPS) is 22.7. The minimum atomic E-state index is -0.155. The van der Waals surface area contributed by atoms with Crippen LogP contribution >= 0.6 is 11.8 Å². The molecule has 1 aliphatic heterocycles. The summed E-state index contributed by atoms with van der Waals surface area (Å²) in [6.07, 6.45) is 1.22. The van der Waals surface area contributed by atoms with Crippen molar-refractivity contribution in [1.29, 1.82) is 0 Å². The number of hydrogen-bond acceptors (Lipinski definition) is 3. The van der Waals surface area contributed by atoms with Crippen molar-refractivity contribution in [3.8, 4) is 0 Å². The summed E-state index contributed by atoms with van der Waals surface area (Å²) in [7, 11) is 0. The maximum atomic E-state index is 11.5. The smallest absolute Gasteiger partial charge is 0.162 e. The van der Waals surface area contributed by atoms with Crippen molar-refractivity contribution in [2.45, 2.75) is 25.9 Å². The summed E-state index contributed by atoms with van der Waals surface area (Å²) in [6.45, 7) is 6.44. The van der Waals surface area contributed by atoms with Crippen LogP contribution in [0.25, 0.3) is 0 Å². The molecule has 1 atom stereocenters. The Morgan fingerprint density at radius 3 is 2.92 bits per heavy atom. The fourth-order valence-electron chi connectivity index (χ4n) is 1.17. The maximum absolute atomic E-state index is 11.5. The third-order valence-electron chi connectivity index (χ3n) is 1.97. The number of thioether (sulfide) groups is 1. The molecule has 2 nitrogen and oxygen atoms in total. The molecular weight excluding hydrogens is 184 g/mol. The second kappa shape index (κ2) is 5.45. The fraction of sp³-hybridized carbons (Fsp3) is 0.700. The predicted molar refractivity (Wildman–Crippen MR) is 56.1 cm³/mol. The Hall–Kier alpha value is -0.280. The highest BCUT2D eigenvalue weighted by molar-refractivity contribution is 7.99. The average molecular weight is 200 g/mol. The van der Waals surface area contributed by atoms with Crippen LogP contribution in [0.2, 0.25) is 0 Å². The lowest BCUT2D eigenvalue weighted by molar-refractivity contribution is -0.129. The molecule has 74 valence electrons. The summed E-state index contributed by atoms with van der Waals surface area (Å²) < 4.78 is 5.37. The van der Waals surface area contributed by atoms with Crippen molar-refractivity contribution in [2.75, 3.05) is 18.1 Å². The van der Waals surface area contributed by atoms with Crippen molar-refractivity contribution in [1.82, 2.24) is 0 Å². The lowest BCUT2D eigenvalue weighted by Crippen LogP contribution is -2.31. The minimum absolute atomic E-state index is 0.155. The Labute approximate surface area is 83.7 Å². The van der Waals surface area contributed by atoms with Gasteiger partial charge >= 0.3 is 0 Å². The van der Waals surface area contributed by atoms with E-state index in [9.17, 15) is 4.79 Å². The molecule has 13 heavy (non-hydrogen) atoms. The van der Waals surface area contributed by atoms with Gasteiger partial charge in [0.2, 0.25) is 0 Å². The van der Waals surface area contributed by atoms with Gasteiger partial charge in [0.15, 0.2) is 5.78 Å². The molecule has 1 rings (SSSR count). The van der Waals surface area contributed by atoms with Gasteiger partial charge in [-0.1, -0.05) is 5.57 Å². The van der Waals surface area contributed by atoms with Gasteiger partial charge in [0.1, 0.15) is 6.10 Å². The van der Waals surface area contributed by atoms with E-state index in [0.29, 0.717) is 13.0 Å². The van der Waals surface area contributed by atoms with E-state index in [0.717, 1.165) is 23.5 Å². The molecule has 3 heteroatoms. The molecule has 1 fully saturated rings. The first-order valence-corrected chi connectivity index (χ1v) is 5.72. The monoisotopic (exact) mass is 200 g/mol. The van der Waals surface area contributed by atoms with E-state index >= 15 is 0 Å². The zero-order valence-corrected chi connectivity index (χ0v) is 8.86. The van der Waals surface area contributed by atoms with Gasteiger partial charge in [-0.2, -0.15) is 11.8 Å². The second-order valence-corrected chi connectivity index (χ2v) is 4.51.